The Labute approximate surface area is 152 Å². The lowest BCUT2D eigenvalue weighted by molar-refractivity contribution is -0.144. The maximum Gasteiger partial charge on any atom is 0.307 e. The zero-order chi connectivity index (χ0) is 19.3. The SMILES string of the molecule is CCOC(=O)CCN(C(=O)CCN1C(=O)c2ccccc2C1=O)C(C)C. The van der Waals surface area contributed by atoms with Crippen LogP contribution >= 0.6 is 0 Å². The van der Waals surface area contributed by atoms with Crippen LogP contribution in [0.2, 0.25) is 0 Å². The smallest absolute Gasteiger partial charge is 0.307 e. The molecule has 26 heavy (non-hydrogen) atoms. The molecule has 2 rings (SSSR count). The highest BCUT2D eigenvalue weighted by Gasteiger charge is 2.35. The van der Waals surface area contributed by atoms with Crippen molar-refractivity contribution in [1.82, 2.24) is 9.80 Å². The fourth-order valence-electron chi connectivity index (χ4n) is 2.91. The Hall–Kier alpha value is -2.70. The van der Waals surface area contributed by atoms with Crippen molar-refractivity contribution in [3.05, 3.63) is 35.4 Å². The van der Waals surface area contributed by atoms with Gasteiger partial charge in [-0.05, 0) is 32.9 Å². The van der Waals surface area contributed by atoms with Gasteiger partial charge in [0.05, 0.1) is 24.2 Å². The number of ether oxygens (including phenoxy) is 1. The van der Waals surface area contributed by atoms with E-state index < -0.39 is 0 Å². The number of fused-ring (bicyclic) bond motifs is 1. The van der Waals surface area contributed by atoms with E-state index in [-0.39, 0.29) is 55.7 Å². The molecule has 140 valence electrons. The molecule has 1 aromatic carbocycles. The van der Waals surface area contributed by atoms with Crippen LogP contribution in [0, 0.1) is 0 Å². The summed E-state index contributed by atoms with van der Waals surface area (Å²) in [5.74, 6) is -1.31. The third-order valence-electron chi connectivity index (χ3n) is 4.23. The van der Waals surface area contributed by atoms with Gasteiger partial charge in [0.15, 0.2) is 0 Å². The topological polar surface area (TPSA) is 84.0 Å². The molecule has 0 spiro atoms. The third-order valence-corrected chi connectivity index (χ3v) is 4.23. The minimum Gasteiger partial charge on any atom is -0.466 e. The summed E-state index contributed by atoms with van der Waals surface area (Å²) in [6.45, 7) is 6.00. The van der Waals surface area contributed by atoms with Gasteiger partial charge in [-0.3, -0.25) is 24.1 Å². The number of benzene rings is 1. The summed E-state index contributed by atoms with van der Waals surface area (Å²) < 4.78 is 4.88. The summed E-state index contributed by atoms with van der Waals surface area (Å²) in [7, 11) is 0. The molecule has 0 saturated carbocycles. The van der Waals surface area contributed by atoms with E-state index in [1.54, 1.807) is 36.1 Å². The second kappa shape index (κ2) is 8.60. The van der Waals surface area contributed by atoms with Crippen molar-refractivity contribution in [2.45, 2.75) is 39.7 Å². The van der Waals surface area contributed by atoms with Crippen LogP contribution in [0.5, 0.6) is 0 Å². The standard InChI is InChI=1S/C19H24N2O5/c1-4-26-17(23)10-12-20(13(2)3)16(22)9-11-21-18(24)14-7-5-6-8-15(14)19(21)25/h5-8,13H,4,9-12H2,1-3H3. The van der Waals surface area contributed by atoms with Crippen molar-refractivity contribution in [2.24, 2.45) is 0 Å². The van der Waals surface area contributed by atoms with Crippen molar-refractivity contribution in [2.75, 3.05) is 19.7 Å². The Balaban J connectivity index is 1.95. The van der Waals surface area contributed by atoms with Gasteiger partial charge in [0.2, 0.25) is 5.91 Å². The molecule has 0 N–H and O–H groups in total. The monoisotopic (exact) mass is 360 g/mol. The molecule has 0 saturated heterocycles. The van der Waals surface area contributed by atoms with E-state index in [0.29, 0.717) is 17.7 Å². The molecular weight excluding hydrogens is 336 g/mol. The number of amides is 3. The lowest BCUT2D eigenvalue weighted by Crippen LogP contribution is -2.41. The van der Waals surface area contributed by atoms with Crippen LogP contribution < -0.4 is 0 Å². The van der Waals surface area contributed by atoms with Crippen LogP contribution in [-0.2, 0) is 14.3 Å². The number of carbonyl (C=O) groups is 4. The maximum absolute atomic E-state index is 12.5. The number of imide groups is 1. The molecule has 0 aliphatic carbocycles. The molecule has 1 aromatic rings. The van der Waals surface area contributed by atoms with Crippen molar-refractivity contribution >= 4 is 23.7 Å². The first-order chi connectivity index (χ1) is 12.4. The Kier molecular flexibility index (Phi) is 6.49. The first-order valence-electron chi connectivity index (χ1n) is 8.77. The molecule has 0 aromatic heterocycles. The summed E-state index contributed by atoms with van der Waals surface area (Å²) in [5.41, 5.74) is 0.737. The van der Waals surface area contributed by atoms with Crippen LogP contribution in [0.1, 0.15) is 54.3 Å². The highest BCUT2D eigenvalue weighted by Crippen LogP contribution is 2.22. The molecule has 1 heterocycles. The zero-order valence-corrected chi connectivity index (χ0v) is 15.4. The van der Waals surface area contributed by atoms with Gasteiger partial charge >= 0.3 is 5.97 Å². The quantitative estimate of drug-likeness (QED) is 0.522. The number of hydrogen-bond donors (Lipinski definition) is 0. The normalized spacial score (nSPS) is 13.2. The second-order valence-electron chi connectivity index (χ2n) is 6.29. The maximum atomic E-state index is 12.5. The Morgan fingerprint density at radius 3 is 2.15 bits per heavy atom. The predicted molar refractivity (Wildman–Crippen MR) is 94.5 cm³/mol. The van der Waals surface area contributed by atoms with Gasteiger partial charge < -0.3 is 9.64 Å². The molecule has 0 atom stereocenters. The summed E-state index contributed by atoms with van der Waals surface area (Å²) in [4.78, 5) is 51.4. The van der Waals surface area contributed by atoms with Crippen LogP contribution in [0.15, 0.2) is 24.3 Å². The Morgan fingerprint density at radius 2 is 1.65 bits per heavy atom. The Bertz CT molecular complexity index is 679. The summed E-state index contributed by atoms with van der Waals surface area (Å²) in [6.07, 6.45) is 0.136. The number of hydrogen-bond acceptors (Lipinski definition) is 5. The average Bonchev–Trinajstić information content (AvgIpc) is 2.84. The summed E-state index contributed by atoms with van der Waals surface area (Å²) >= 11 is 0. The highest BCUT2D eigenvalue weighted by molar-refractivity contribution is 6.21. The molecule has 0 radical (unpaired) electrons. The number of esters is 1. The molecule has 3 amide bonds. The van der Waals surface area contributed by atoms with E-state index >= 15 is 0 Å². The minimum absolute atomic E-state index is 0.0203. The Morgan fingerprint density at radius 1 is 1.08 bits per heavy atom. The van der Waals surface area contributed by atoms with Gasteiger partial charge in [0.25, 0.3) is 11.8 Å². The minimum atomic E-state index is -0.374. The molecule has 7 nitrogen and oxygen atoms in total. The van der Waals surface area contributed by atoms with Gasteiger partial charge in [0, 0.05) is 25.6 Å². The first kappa shape index (κ1) is 19.6. The largest absolute Gasteiger partial charge is 0.466 e. The van der Waals surface area contributed by atoms with Crippen molar-refractivity contribution in [3.8, 4) is 0 Å². The van der Waals surface area contributed by atoms with Gasteiger partial charge in [0.1, 0.15) is 0 Å². The lowest BCUT2D eigenvalue weighted by Gasteiger charge is -2.27. The molecular formula is C19H24N2O5. The number of nitrogens with zero attached hydrogens (tertiary/aromatic N) is 2. The van der Waals surface area contributed by atoms with E-state index in [1.165, 1.54) is 0 Å². The van der Waals surface area contributed by atoms with Gasteiger partial charge in [-0.1, -0.05) is 12.1 Å². The fraction of sp³-hybridized carbons (Fsp3) is 0.474. The van der Waals surface area contributed by atoms with E-state index in [1.807, 2.05) is 13.8 Å². The van der Waals surface area contributed by atoms with E-state index in [9.17, 15) is 19.2 Å². The molecule has 0 unspecified atom stereocenters. The predicted octanol–water partition coefficient (Wildman–Crippen LogP) is 1.86. The van der Waals surface area contributed by atoms with Crippen molar-refractivity contribution < 1.29 is 23.9 Å². The van der Waals surface area contributed by atoms with Crippen LogP contribution in [-0.4, -0.2) is 59.2 Å². The van der Waals surface area contributed by atoms with Gasteiger partial charge in [-0.2, -0.15) is 0 Å². The third kappa shape index (κ3) is 4.28. The first-order valence-corrected chi connectivity index (χ1v) is 8.77. The molecule has 7 heteroatoms. The van der Waals surface area contributed by atoms with E-state index in [4.69, 9.17) is 4.74 Å². The molecule has 1 aliphatic heterocycles. The van der Waals surface area contributed by atoms with Crippen molar-refractivity contribution in [1.29, 1.82) is 0 Å². The van der Waals surface area contributed by atoms with Crippen molar-refractivity contribution in [3.63, 3.8) is 0 Å². The van der Waals surface area contributed by atoms with Gasteiger partial charge in [-0.15, -0.1) is 0 Å². The van der Waals surface area contributed by atoms with Crippen LogP contribution in [0.3, 0.4) is 0 Å². The number of rotatable bonds is 8. The molecule has 1 aliphatic rings. The zero-order valence-electron chi connectivity index (χ0n) is 15.4. The highest BCUT2D eigenvalue weighted by atomic mass is 16.5. The average molecular weight is 360 g/mol. The van der Waals surface area contributed by atoms with Crippen LogP contribution in [0.4, 0.5) is 0 Å². The van der Waals surface area contributed by atoms with Gasteiger partial charge in [-0.25, -0.2) is 0 Å². The fourth-order valence-corrected chi connectivity index (χ4v) is 2.91. The molecule has 0 bridgehead atoms. The van der Waals surface area contributed by atoms with E-state index in [0.717, 1.165) is 4.90 Å². The van der Waals surface area contributed by atoms with Crippen LogP contribution in [0.25, 0.3) is 0 Å². The molecule has 0 fully saturated rings. The van der Waals surface area contributed by atoms with E-state index in [2.05, 4.69) is 0 Å². The summed E-state index contributed by atoms with van der Waals surface area (Å²) in [6, 6.07) is 6.52. The lowest BCUT2D eigenvalue weighted by atomic mass is 10.1. The second-order valence-corrected chi connectivity index (χ2v) is 6.29. The number of carbonyl (C=O) groups excluding carboxylic acids is 4. The summed E-state index contributed by atoms with van der Waals surface area (Å²) in [5, 5.41) is 0.